The monoisotopic (exact) mass is 306 g/mol. The van der Waals surface area contributed by atoms with E-state index in [4.69, 9.17) is 21.4 Å². The average molecular weight is 307 g/mol. The van der Waals surface area contributed by atoms with E-state index >= 15 is 0 Å². The summed E-state index contributed by atoms with van der Waals surface area (Å²) in [6.07, 6.45) is 1.83. The first-order valence-electron chi connectivity index (χ1n) is 6.54. The van der Waals surface area contributed by atoms with Crippen molar-refractivity contribution in [1.29, 1.82) is 0 Å². The zero-order chi connectivity index (χ0) is 15.0. The Hall–Kier alpha value is -2.07. The average Bonchev–Trinajstić information content (AvgIpc) is 3.22. The number of aromatic carboxylic acids is 1. The summed E-state index contributed by atoms with van der Waals surface area (Å²) in [6.45, 7) is 0. The van der Waals surface area contributed by atoms with Gasteiger partial charge in [-0.15, -0.1) is 0 Å². The summed E-state index contributed by atoms with van der Waals surface area (Å²) >= 11 is 5.94. The molecule has 1 N–H and O–H groups in total. The Bertz CT molecular complexity index is 711. The van der Waals surface area contributed by atoms with Crippen LogP contribution in [0, 0.1) is 5.82 Å². The van der Waals surface area contributed by atoms with Crippen LogP contribution < -0.4 is 4.74 Å². The standard InChI is InChI=1S/C16H12ClFO3/c17-11-3-1-2-9(6-11)15-13(18)7-10(16(19)20)8-14(15)21-12-4-5-12/h1-3,6-8,12H,4-5H2,(H,19,20). The van der Waals surface area contributed by atoms with Crippen molar-refractivity contribution in [3.63, 3.8) is 0 Å². The third kappa shape index (κ3) is 3.00. The van der Waals surface area contributed by atoms with Crippen molar-refractivity contribution >= 4 is 17.6 Å². The number of carboxylic acid groups (broad SMARTS) is 1. The Labute approximate surface area is 125 Å². The van der Waals surface area contributed by atoms with Crippen molar-refractivity contribution in [1.82, 2.24) is 0 Å². The maximum absolute atomic E-state index is 14.4. The molecule has 0 spiro atoms. The lowest BCUT2D eigenvalue weighted by Crippen LogP contribution is -2.04. The number of ether oxygens (including phenoxy) is 1. The quantitative estimate of drug-likeness (QED) is 0.911. The first-order chi connectivity index (χ1) is 10.0. The fraction of sp³-hybridized carbons (Fsp3) is 0.188. The summed E-state index contributed by atoms with van der Waals surface area (Å²) in [6, 6.07) is 9.10. The Morgan fingerprint density at radius 1 is 1.29 bits per heavy atom. The van der Waals surface area contributed by atoms with Crippen LogP contribution in [0.4, 0.5) is 4.39 Å². The van der Waals surface area contributed by atoms with E-state index in [2.05, 4.69) is 0 Å². The highest BCUT2D eigenvalue weighted by Gasteiger charge is 2.27. The normalized spacial score (nSPS) is 14.0. The van der Waals surface area contributed by atoms with Crippen molar-refractivity contribution in [3.05, 3.63) is 52.8 Å². The van der Waals surface area contributed by atoms with Crippen LogP contribution in [0.5, 0.6) is 5.75 Å². The fourth-order valence-corrected chi connectivity index (χ4v) is 2.28. The SMILES string of the molecule is O=C(O)c1cc(F)c(-c2cccc(Cl)c2)c(OC2CC2)c1. The van der Waals surface area contributed by atoms with Gasteiger partial charge < -0.3 is 9.84 Å². The molecule has 0 aliphatic heterocycles. The van der Waals surface area contributed by atoms with E-state index in [0.29, 0.717) is 10.6 Å². The van der Waals surface area contributed by atoms with Gasteiger partial charge in [-0.05, 0) is 42.7 Å². The van der Waals surface area contributed by atoms with Crippen LogP contribution in [0.3, 0.4) is 0 Å². The second-order valence-electron chi connectivity index (χ2n) is 4.96. The van der Waals surface area contributed by atoms with Crippen molar-refractivity contribution < 1.29 is 19.0 Å². The molecule has 5 heteroatoms. The first kappa shape index (κ1) is 13.9. The van der Waals surface area contributed by atoms with Gasteiger partial charge in [0.2, 0.25) is 0 Å². The predicted molar refractivity (Wildman–Crippen MR) is 77.5 cm³/mol. The summed E-state index contributed by atoms with van der Waals surface area (Å²) in [7, 11) is 0. The summed E-state index contributed by atoms with van der Waals surface area (Å²) in [5.74, 6) is -1.57. The minimum Gasteiger partial charge on any atom is -0.490 e. The minimum absolute atomic E-state index is 0.0337. The Kier molecular flexibility index (Phi) is 3.55. The zero-order valence-corrected chi connectivity index (χ0v) is 11.7. The maximum atomic E-state index is 14.4. The van der Waals surface area contributed by atoms with E-state index in [1.807, 2.05) is 0 Å². The van der Waals surface area contributed by atoms with Gasteiger partial charge in [-0.2, -0.15) is 0 Å². The second kappa shape index (κ2) is 5.37. The number of carboxylic acids is 1. The summed E-state index contributed by atoms with van der Waals surface area (Å²) < 4.78 is 20.0. The van der Waals surface area contributed by atoms with Gasteiger partial charge in [0.15, 0.2) is 0 Å². The molecular weight excluding hydrogens is 295 g/mol. The zero-order valence-electron chi connectivity index (χ0n) is 11.0. The van der Waals surface area contributed by atoms with Gasteiger partial charge in [0.05, 0.1) is 17.2 Å². The molecule has 0 aromatic heterocycles. The van der Waals surface area contributed by atoms with Crippen molar-refractivity contribution in [2.75, 3.05) is 0 Å². The molecular formula is C16H12ClFO3. The molecule has 2 aromatic carbocycles. The van der Waals surface area contributed by atoms with Crippen LogP contribution in [-0.2, 0) is 0 Å². The molecule has 3 nitrogen and oxygen atoms in total. The molecule has 2 aromatic rings. The molecule has 1 fully saturated rings. The predicted octanol–water partition coefficient (Wildman–Crippen LogP) is 4.39. The molecule has 1 aliphatic carbocycles. The summed E-state index contributed by atoms with van der Waals surface area (Å²) in [5.41, 5.74) is 0.677. The molecule has 0 amide bonds. The molecule has 0 atom stereocenters. The molecule has 0 bridgehead atoms. The van der Waals surface area contributed by atoms with Crippen LogP contribution in [0.2, 0.25) is 5.02 Å². The van der Waals surface area contributed by atoms with Gasteiger partial charge in [-0.1, -0.05) is 23.7 Å². The first-order valence-corrected chi connectivity index (χ1v) is 6.92. The molecule has 1 saturated carbocycles. The molecule has 0 unspecified atom stereocenters. The highest BCUT2D eigenvalue weighted by Crippen LogP contribution is 2.38. The molecule has 0 heterocycles. The Morgan fingerprint density at radius 2 is 2.05 bits per heavy atom. The summed E-state index contributed by atoms with van der Waals surface area (Å²) in [4.78, 5) is 11.1. The van der Waals surface area contributed by atoms with E-state index in [1.165, 1.54) is 6.07 Å². The number of hydrogen-bond donors (Lipinski definition) is 1. The van der Waals surface area contributed by atoms with E-state index in [0.717, 1.165) is 18.9 Å². The molecule has 21 heavy (non-hydrogen) atoms. The maximum Gasteiger partial charge on any atom is 0.335 e. The van der Waals surface area contributed by atoms with Gasteiger partial charge >= 0.3 is 5.97 Å². The van der Waals surface area contributed by atoms with E-state index < -0.39 is 11.8 Å². The van der Waals surface area contributed by atoms with Gasteiger partial charge in [-0.25, -0.2) is 9.18 Å². The van der Waals surface area contributed by atoms with Crippen LogP contribution in [-0.4, -0.2) is 17.2 Å². The van der Waals surface area contributed by atoms with Crippen LogP contribution >= 0.6 is 11.6 Å². The second-order valence-corrected chi connectivity index (χ2v) is 5.40. The van der Waals surface area contributed by atoms with Crippen LogP contribution in [0.1, 0.15) is 23.2 Å². The van der Waals surface area contributed by atoms with Crippen molar-refractivity contribution in [2.24, 2.45) is 0 Å². The van der Waals surface area contributed by atoms with Gasteiger partial charge in [0.1, 0.15) is 11.6 Å². The van der Waals surface area contributed by atoms with Gasteiger partial charge in [0.25, 0.3) is 0 Å². The van der Waals surface area contributed by atoms with E-state index in [-0.39, 0.29) is 23.0 Å². The highest BCUT2D eigenvalue weighted by atomic mass is 35.5. The number of carbonyl (C=O) groups is 1. The van der Waals surface area contributed by atoms with Crippen LogP contribution in [0.15, 0.2) is 36.4 Å². The largest absolute Gasteiger partial charge is 0.490 e. The fourth-order valence-electron chi connectivity index (χ4n) is 2.09. The minimum atomic E-state index is -1.19. The number of halogens is 2. The van der Waals surface area contributed by atoms with Crippen molar-refractivity contribution in [2.45, 2.75) is 18.9 Å². The molecule has 0 radical (unpaired) electrons. The molecule has 108 valence electrons. The van der Waals surface area contributed by atoms with E-state index in [1.54, 1.807) is 24.3 Å². The lowest BCUT2D eigenvalue weighted by Gasteiger charge is -2.13. The third-order valence-corrected chi connectivity index (χ3v) is 3.47. The van der Waals surface area contributed by atoms with Gasteiger partial charge in [0, 0.05) is 5.02 Å². The Morgan fingerprint density at radius 3 is 2.67 bits per heavy atom. The number of hydrogen-bond acceptors (Lipinski definition) is 2. The van der Waals surface area contributed by atoms with Crippen LogP contribution in [0.25, 0.3) is 11.1 Å². The molecule has 0 saturated heterocycles. The van der Waals surface area contributed by atoms with Crippen molar-refractivity contribution in [3.8, 4) is 16.9 Å². The van der Waals surface area contributed by atoms with E-state index in [9.17, 15) is 9.18 Å². The number of benzene rings is 2. The Balaban J connectivity index is 2.14. The molecule has 3 rings (SSSR count). The summed E-state index contributed by atoms with van der Waals surface area (Å²) in [5, 5.41) is 9.52. The third-order valence-electron chi connectivity index (χ3n) is 3.23. The smallest absolute Gasteiger partial charge is 0.335 e. The molecule has 1 aliphatic rings. The lowest BCUT2D eigenvalue weighted by molar-refractivity contribution is 0.0695. The lowest BCUT2D eigenvalue weighted by atomic mass is 10.0. The topological polar surface area (TPSA) is 46.5 Å². The highest BCUT2D eigenvalue weighted by molar-refractivity contribution is 6.30. The van der Waals surface area contributed by atoms with Gasteiger partial charge in [-0.3, -0.25) is 0 Å². The number of rotatable bonds is 4.